The molecule has 0 aliphatic carbocycles. The van der Waals surface area contributed by atoms with Crippen molar-refractivity contribution in [2.24, 2.45) is 0 Å². The van der Waals surface area contributed by atoms with Gasteiger partial charge in [0.05, 0.1) is 5.69 Å². The lowest BCUT2D eigenvalue weighted by molar-refractivity contribution is 0.102. The lowest BCUT2D eigenvalue weighted by Crippen LogP contribution is -2.12. The molecule has 0 saturated carbocycles. The largest absolute Gasteiger partial charge is 0.331 e. The highest BCUT2D eigenvalue weighted by atomic mass is 35.5. The normalized spacial score (nSPS) is 10.6. The molecule has 2 N–H and O–H groups in total. The molecule has 128 valence electrons. The van der Waals surface area contributed by atoms with Crippen molar-refractivity contribution in [3.05, 3.63) is 69.4 Å². The van der Waals surface area contributed by atoms with Crippen molar-refractivity contribution in [3.63, 3.8) is 0 Å². The van der Waals surface area contributed by atoms with Gasteiger partial charge in [-0.1, -0.05) is 29.0 Å². The number of aromatic nitrogens is 1. The highest BCUT2D eigenvalue weighted by Crippen LogP contribution is 2.27. The molecular weight excluding hydrogens is 361 g/mol. The minimum Gasteiger partial charge on any atom is -0.331 e. The molecule has 7 heteroatoms. The van der Waals surface area contributed by atoms with Crippen molar-refractivity contribution in [1.82, 2.24) is 4.98 Å². The molecule has 1 amide bonds. The first kappa shape index (κ1) is 17.4. The summed E-state index contributed by atoms with van der Waals surface area (Å²) in [6.45, 7) is 3.63. The lowest BCUT2D eigenvalue weighted by atomic mass is 10.2. The van der Waals surface area contributed by atoms with Gasteiger partial charge in [-0.25, -0.2) is 9.37 Å². The van der Waals surface area contributed by atoms with E-state index < -0.39 is 0 Å². The fourth-order valence-electron chi connectivity index (χ4n) is 2.30. The van der Waals surface area contributed by atoms with E-state index in [9.17, 15) is 9.18 Å². The van der Waals surface area contributed by atoms with E-state index in [0.29, 0.717) is 32.1 Å². The van der Waals surface area contributed by atoms with Gasteiger partial charge in [0, 0.05) is 16.4 Å². The molecule has 1 aromatic heterocycles. The second kappa shape index (κ2) is 7.21. The summed E-state index contributed by atoms with van der Waals surface area (Å²) >= 11 is 7.15. The second-order valence-corrected chi connectivity index (χ2v) is 6.92. The van der Waals surface area contributed by atoms with Gasteiger partial charge in [0.2, 0.25) is 0 Å². The first-order valence-corrected chi connectivity index (χ1v) is 8.69. The fourth-order valence-corrected chi connectivity index (χ4v) is 3.41. The zero-order valence-electron chi connectivity index (χ0n) is 13.6. The van der Waals surface area contributed by atoms with E-state index in [2.05, 4.69) is 15.6 Å². The first-order chi connectivity index (χ1) is 11.9. The zero-order chi connectivity index (χ0) is 18.0. The van der Waals surface area contributed by atoms with E-state index in [1.807, 2.05) is 6.92 Å². The van der Waals surface area contributed by atoms with Crippen molar-refractivity contribution >= 4 is 45.4 Å². The Morgan fingerprint density at radius 1 is 1.20 bits per heavy atom. The Kier molecular flexibility index (Phi) is 5.01. The molecule has 3 aromatic rings. The summed E-state index contributed by atoms with van der Waals surface area (Å²) in [5, 5.41) is 7.02. The van der Waals surface area contributed by atoms with Crippen LogP contribution >= 0.6 is 22.9 Å². The van der Waals surface area contributed by atoms with Crippen LogP contribution in [0.4, 0.5) is 20.9 Å². The average molecular weight is 376 g/mol. The molecule has 3 rings (SSSR count). The maximum atomic E-state index is 13.3. The summed E-state index contributed by atoms with van der Waals surface area (Å²) < 4.78 is 13.3. The van der Waals surface area contributed by atoms with E-state index in [-0.39, 0.29) is 11.7 Å². The minimum atomic E-state index is -0.338. The Morgan fingerprint density at radius 2 is 2.00 bits per heavy atom. The van der Waals surface area contributed by atoms with E-state index in [4.69, 9.17) is 11.6 Å². The van der Waals surface area contributed by atoms with Crippen LogP contribution in [0.1, 0.15) is 20.9 Å². The lowest BCUT2D eigenvalue weighted by Gasteiger charge is -2.07. The van der Waals surface area contributed by atoms with Gasteiger partial charge < -0.3 is 10.6 Å². The number of nitrogens with zero attached hydrogens (tertiary/aromatic N) is 1. The van der Waals surface area contributed by atoms with Crippen LogP contribution in [-0.2, 0) is 0 Å². The van der Waals surface area contributed by atoms with Crippen LogP contribution in [0, 0.1) is 19.7 Å². The molecular formula is C18H15ClFN3OS. The van der Waals surface area contributed by atoms with Gasteiger partial charge in [0.1, 0.15) is 10.7 Å². The number of anilines is 3. The fraction of sp³-hybridized carbons (Fsp3) is 0.111. The van der Waals surface area contributed by atoms with E-state index in [1.165, 1.54) is 23.5 Å². The molecule has 0 bridgehead atoms. The van der Waals surface area contributed by atoms with Crippen LogP contribution in [0.15, 0.2) is 42.5 Å². The van der Waals surface area contributed by atoms with Crippen molar-refractivity contribution in [2.75, 3.05) is 10.6 Å². The molecule has 0 unspecified atom stereocenters. The van der Waals surface area contributed by atoms with Gasteiger partial charge >= 0.3 is 0 Å². The van der Waals surface area contributed by atoms with Crippen LogP contribution in [0.3, 0.4) is 0 Å². The molecule has 0 aliphatic rings. The summed E-state index contributed by atoms with van der Waals surface area (Å²) in [5.41, 5.74) is 2.75. The molecule has 4 nitrogen and oxygen atoms in total. The van der Waals surface area contributed by atoms with Crippen LogP contribution in [0.5, 0.6) is 0 Å². The highest BCUT2D eigenvalue weighted by Gasteiger charge is 2.16. The number of benzene rings is 2. The quantitative estimate of drug-likeness (QED) is 0.628. The van der Waals surface area contributed by atoms with Crippen LogP contribution in [-0.4, -0.2) is 10.9 Å². The average Bonchev–Trinajstić information content (AvgIpc) is 2.90. The number of rotatable bonds is 4. The molecule has 2 aromatic carbocycles. The maximum Gasteiger partial charge on any atom is 0.267 e. The number of aryl methyl sites for hydroxylation is 2. The summed E-state index contributed by atoms with van der Waals surface area (Å²) in [4.78, 5) is 17.4. The van der Waals surface area contributed by atoms with Gasteiger partial charge in [-0.05, 0) is 55.8 Å². The number of carbonyl (C=O) groups is 1. The third kappa shape index (κ3) is 4.15. The number of amides is 1. The van der Waals surface area contributed by atoms with Crippen molar-refractivity contribution in [1.29, 1.82) is 0 Å². The SMILES string of the molecule is Cc1cc(Cl)ccc1NC(=O)c1sc(Nc2cccc(F)c2)nc1C. The standard InChI is InChI=1S/C18H15ClFN3OS/c1-10-8-12(19)6-7-15(10)23-17(24)16-11(2)21-18(25-16)22-14-5-3-4-13(20)9-14/h3-9H,1-2H3,(H,21,22)(H,23,24). The summed E-state index contributed by atoms with van der Waals surface area (Å²) in [6.07, 6.45) is 0. The molecule has 0 saturated heterocycles. The number of hydrogen-bond acceptors (Lipinski definition) is 4. The number of halogens is 2. The number of thiazole rings is 1. The van der Waals surface area contributed by atoms with Crippen molar-refractivity contribution < 1.29 is 9.18 Å². The third-order valence-electron chi connectivity index (χ3n) is 3.52. The maximum absolute atomic E-state index is 13.3. The smallest absolute Gasteiger partial charge is 0.267 e. The predicted molar refractivity (Wildman–Crippen MR) is 101 cm³/mol. The topological polar surface area (TPSA) is 54.0 Å². The van der Waals surface area contributed by atoms with Gasteiger partial charge in [-0.2, -0.15) is 0 Å². The second-order valence-electron chi connectivity index (χ2n) is 5.48. The van der Waals surface area contributed by atoms with Crippen LogP contribution in [0.2, 0.25) is 5.02 Å². The van der Waals surface area contributed by atoms with Crippen LogP contribution in [0.25, 0.3) is 0 Å². The third-order valence-corrected chi connectivity index (χ3v) is 4.82. The van der Waals surface area contributed by atoms with Crippen LogP contribution < -0.4 is 10.6 Å². The van der Waals surface area contributed by atoms with Crippen molar-refractivity contribution in [2.45, 2.75) is 13.8 Å². The van der Waals surface area contributed by atoms with Gasteiger partial charge in [-0.3, -0.25) is 4.79 Å². The van der Waals surface area contributed by atoms with E-state index in [1.54, 1.807) is 37.3 Å². The molecule has 0 spiro atoms. The van der Waals surface area contributed by atoms with Gasteiger partial charge in [-0.15, -0.1) is 0 Å². The molecule has 25 heavy (non-hydrogen) atoms. The molecule has 0 atom stereocenters. The Labute approximate surface area is 153 Å². The molecule has 0 fully saturated rings. The van der Waals surface area contributed by atoms with E-state index in [0.717, 1.165) is 5.56 Å². The monoisotopic (exact) mass is 375 g/mol. The van der Waals surface area contributed by atoms with E-state index >= 15 is 0 Å². The predicted octanol–water partition coefficient (Wildman–Crippen LogP) is 5.55. The first-order valence-electron chi connectivity index (χ1n) is 7.50. The summed E-state index contributed by atoms with van der Waals surface area (Å²) in [7, 11) is 0. The minimum absolute atomic E-state index is 0.243. The summed E-state index contributed by atoms with van der Waals surface area (Å²) in [5.74, 6) is -0.581. The molecule has 1 heterocycles. The molecule has 0 aliphatic heterocycles. The Bertz CT molecular complexity index is 942. The zero-order valence-corrected chi connectivity index (χ0v) is 15.1. The summed E-state index contributed by atoms with van der Waals surface area (Å²) in [6, 6.07) is 11.3. The Balaban J connectivity index is 1.78. The molecule has 0 radical (unpaired) electrons. The number of carbonyl (C=O) groups excluding carboxylic acids is 1. The number of hydrogen-bond donors (Lipinski definition) is 2. The van der Waals surface area contributed by atoms with Crippen molar-refractivity contribution in [3.8, 4) is 0 Å². The van der Waals surface area contributed by atoms with Gasteiger partial charge in [0.15, 0.2) is 5.13 Å². The highest BCUT2D eigenvalue weighted by molar-refractivity contribution is 7.17. The van der Waals surface area contributed by atoms with Gasteiger partial charge in [0.25, 0.3) is 5.91 Å². The Morgan fingerprint density at radius 3 is 2.72 bits per heavy atom. The Hall–Kier alpha value is -2.44. The number of nitrogens with one attached hydrogen (secondary N) is 2.